The molecule has 5 aromatic heterocycles. The standard InChI is InChI=1S/C14H12BrN2O.2C12H12N2.Os/c1-10-5-6-16-13(7-10)11-3-2-4-12(8-11)17-14(18)9-15;2*1-9-3-5-13-11(7-9)12-8-10(2)4-6-14-12;/h2,4-8H,9H2,1H3,(H,17,18);2*3-8H,1-2H3;/q-1;;;+1. The van der Waals surface area contributed by atoms with E-state index in [1.165, 1.54) is 22.3 Å². The average molecular weight is 863 g/mol. The molecule has 6 aromatic rings. The van der Waals surface area contributed by atoms with Crippen molar-refractivity contribution in [3.63, 3.8) is 0 Å². The average Bonchev–Trinajstić information content (AvgIpc) is 3.05. The molecule has 0 aliphatic heterocycles. The predicted molar refractivity (Wildman–Crippen MR) is 190 cm³/mol. The fourth-order valence-electron chi connectivity index (χ4n) is 4.27. The number of hydrogen-bond acceptors (Lipinski definition) is 6. The topological polar surface area (TPSA) is 93.6 Å². The summed E-state index contributed by atoms with van der Waals surface area (Å²) in [6.07, 6.45) is 9.02. The monoisotopic (exact) mass is 863 g/mol. The number of benzene rings is 1. The summed E-state index contributed by atoms with van der Waals surface area (Å²) < 4.78 is 0. The molecule has 0 aliphatic carbocycles. The number of nitrogens with zero attached hydrogens (tertiary/aromatic N) is 5. The number of carbonyl (C=O) groups is 1. The van der Waals surface area contributed by atoms with E-state index in [-0.39, 0.29) is 31.0 Å². The Morgan fingerprint density at radius 1 is 0.574 bits per heavy atom. The van der Waals surface area contributed by atoms with Crippen LogP contribution in [0.25, 0.3) is 34.0 Å². The molecular formula is C38H36BrN6OOs. The van der Waals surface area contributed by atoms with E-state index in [0.29, 0.717) is 0 Å². The molecule has 1 amide bonds. The SMILES string of the molecule is Cc1ccnc(-c2[c-]ccc(NC(=O)CBr)c2)c1.Cc1ccnc(-c2cc(C)ccn2)c1.Cc1ccnc(-c2cc(C)ccn2)c1.[Os+]. The minimum Gasteiger partial charge on any atom is -0.343 e. The van der Waals surface area contributed by atoms with Gasteiger partial charge in [0.25, 0.3) is 0 Å². The van der Waals surface area contributed by atoms with Gasteiger partial charge in [-0.15, -0.1) is 29.8 Å². The second-order valence-corrected chi connectivity index (χ2v) is 11.3. The molecule has 1 N–H and O–H groups in total. The molecule has 9 heteroatoms. The van der Waals surface area contributed by atoms with Crippen molar-refractivity contribution in [1.82, 2.24) is 24.9 Å². The van der Waals surface area contributed by atoms with Crippen LogP contribution >= 0.6 is 15.9 Å². The molecule has 0 saturated carbocycles. The van der Waals surface area contributed by atoms with E-state index in [4.69, 9.17) is 0 Å². The maximum atomic E-state index is 11.3. The van der Waals surface area contributed by atoms with Gasteiger partial charge in [-0.3, -0.25) is 24.7 Å². The number of aryl methyl sites for hydroxylation is 5. The maximum absolute atomic E-state index is 11.3. The van der Waals surface area contributed by atoms with Crippen LogP contribution in [-0.2, 0) is 24.6 Å². The zero-order chi connectivity index (χ0) is 32.9. The van der Waals surface area contributed by atoms with Gasteiger partial charge in [-0.25, -0.2) is 0 Å². The maximum Gasteiger partial charge on any atom is 1.00 e. The zero-order valence-corrected chi connectivity index (χ0v) is 31.1. The number of hydrogen-bond donors (Lipinski definition) is 1. The first kappa shape index (κ1) is 37.0. The molecule has 0 unspecified atom stereocenters. The van der Waals surface area contributed by atoms with Crippen molar-refractivity contribution in [3.05, 3.63) is 144 Å². The second kappa shape index (κ2) is 18.6. The first-order valence-electron chi connectivity index (χ1n) is 14.7. The number of carbonyl (C=O) groups excluding carboxylic acids is 1. The van der Waals surface area contributed by atoms with Gasteiger partial charge in [0.1, 0.15) is 0 Å². The van der Waals surface area contributed by atoms with E-state index in [1.807, 2.05) is 98.4 Å². The number of nitrogens with one attached hydrogen (secondary N) is 1. The van der Waals surface area contributed by atoms with E-state index < -0.39 is 0 Å². The molecule has 0 saturated heterocycles. The second-order valence-electron chi connectivity index (χ2n) is 10.8. The third-order valence-corrected chi connectivity index (χ3v) is 7.09. The van der Waals surface area contributed by atoms with Gasteiger partial charge in [0.05, 0.1) is 28.1 Å². The van der Waals surface area contributed by atoms with Gasteiger partial charge >= 0.3 is 19.8 Å². The fraction of sp³-hybridized carbons (Fsp3) is 0.158. The Morgan fingerprint density at radius 2 is 0.915 bits per heavy atom. The van der Waals surface area contributed by atoms with Crippen molar-refractivity contribution >= 4 is 27.5 Å². The van der Waals surface area contributed by atoms with Gasteiger partial charge in [-0.05, 0) is 123 Å². The molecule has 0 spiro atoms. The molecule has 0 aliphatic rings. The van der Waals surface area contributed by atoms with Crippen molar-refractivity contribution in [2.24, 2.45) is 0 Å². The Balaban J connectivity index is 0.000000192. The van der Waals surface area contributed by atoms with Gasteiger partial charge in [0.2, 0.25) is 5.91 Å². The Hall–Kier alpha value is -4.44. The van der Waals surface area contributed by atoms with Crippen LogP contribution in [0.2, 0.25) is 0 Å². The van der Waals surface area contributed by atoms with Crippen LogP contribution in [0.5, 0.6) is 0 Å². The van der Waals surface area contributed by atoms with Crippen molar-refractivity contribution in [2.45, 2.75) is 34.6 Å². The molecule has 1 aromatic carbocycles. The van der Waals surface area contributed by atoms with Crippen LogP contribution < -0.4 is 5.32 Å². The molecule has 1 radical (unpaired) electrons. The van der Waals surface area contributed by atoms with Crippen LogP contribution in [0.3, 0.4) is 0 Å². The number of pyridine rings is 5. The molecule has 0 bridgehead atoms. The van der Waals surface area contributed by atoms with Crippen LogP contribution in [0.1, 0.15) is 27.8 Å². The van der Waals surface area contributed by atoms with Gasteiger partial charge in [-0.2, -0.15) is 0 Å². The molecule has 0 atom stereocenters. The summed E-state index contributed by atoms with van der Waals surface area (Å²) in [5.41, 5.74) is 12.2. The summed E-state index contributed by atoms with van der Waals surface area (Å²) in [6, 6.07) is 28.6. The van der Waals surface area contributed by atoms with E-state index in [2.05, 4.69) is 79.9 Å². The number of rotatable bonds is 5. The summed E-state index contributed by atoms with van der Waals surface area (Å²) in [5.74, 6) is -0.0793. The van der Waals surface area contributed by atoms with Crippen molar-refractivity contribution in [2.75, 3.05) is 10.6 Å². The van der Waals surface area contributed by atoms with Gasteiger partial charge in [0, 0.05) is 31.0 Å². The largest absolute Gasteiger partial charge is 1.00 e. The molecule has 239 valence electrons. The molecule has 6 rings (SSSR count). The van der Waals surface area contributed by atoms with E-state index >= 15 is 0 Å². The van der Waals surface area contributed by atoms with Crippen molar-refractivity contribution in [1.29, 1.82) is 0 Å². The van der Waals surface area contributed by atoms with E-state index in [1.54, 1.807) is 18.3 Å². The predicted octanol–water partition coefficient (Wildman–Crippen LogP) is 8.71. The smallest absolute Gasteiger partial charge is 0.343 e. The van der Waals surface area contributed by atoms with Crippen molar-refractivity contribution < 1.29 is 24.6 Å². The first-order chi connectivity index (χ1) is 22.2. The molecule has 47 heavy (non-hydrogen) atoms. The molecule has 5 heterocycles. The Bertz CT molecular complexity index is 1740. The summed E-state index contributed by atoms with van der Waals surface area (Å²) in [4.78, 5) is 32.8. The molecular weight excluding hydrogens is 827 g/mol. The number of amides is 1. The molecule has 0 fully saturated rings. The summed E-state index contributed by atoms with van der Waals surface area (Å²) in [6.45, 7) is 10.2. The fourth-order valence-corrected chi connectivity index (χ4v) is 4.42. The molecule has 7 nitrogen and oxygen atoms in total. The summed E-state index contributed by atoms with van der Waals surface area (Å²) >= 11 is 3.11. The van der Waals surface area contributed by atoms with Crippen LogP contribution in [-0.4, -0.2) is 36.2 Å². The quantitative estimate of drug-likeness (QED) is 0.138. The Morgan fingerprint density at radius 3 is 1.26 bits per heavy atom. The number of anilines is 1. The third-order valence-electron chi connectivity index (χ3n) is 6.58. The summed E-state index contributed by atoms with van der Waals surface area (Å²) in [5, 5.41) is 3.06. The van der Waals surface area contributed by atoms with Crippen molar-refractivity contribution in [3.8, 4) is 34.0 Å². The first-order valence-corrected chi connectivity index (χ1v) is 15.8. The Kier molecular flexibility index (Phi) is 14.7. The minimum atomic E-state index is -0.0793. The number of alkyl halides is 1. The normalized spacial score (nSPS) is 9.91. The van der Waals surface area contributed by atoms with Crippen LogP contribution in [0.15, 0.2) is 110 Å². The zero-order valence-electron chi connectivity index (χ0n) is 27.0. The van der Waals surface area contributed by atoms with E-state index in [9.17, 15) is 4.79 Å². The minimum absolute atomic E-state index is 0. The van der Waals surface area contributed by atoms with Crippen LogP contribution in [0.4, 0.5) is 5.69 Å². The third kappa shape index (κ3) is 12.0. The number of aromatic nitrogens is 5. The van der Waals surface area contributed by atoms with Crippen LogP contribution in [0, 0.1) is 40.7 Å². The number of halogens is 1. The van der Waals surface area contributed by atoms with Gasteiger partial charge in [-0.1, -0.05) is 27.6 Å². The van der Waals surface area contributed by atoms with E-state index in [0.717, 1.165) is 45.3 Å². The van der Waals surface area contributed by atoms with Gasteiger partial charge in [0.15, 0.2) is 0 Å². The van der Waals surface area contributed by atoms with Gasteiger partial charge < -0.3 is 10.3 Å². The Labute approximate surface area is 298 Å². The summed E-state index contributed by atoms with van der Waals surface area (Å²) in [7, 11) is 0.